The first kappa shape index (κ1) is 11.2. The smallest absolute Gasteiger partial charge is 0.313 e. The lowest BCUT2D eigenvalue weighted by Gasteiger charge is -2.12. The molecular weight excluding hydrogens is 250 g/mol. The van der Waals surface area contributed by atoms with Gasteiger partial charge in [0.2, 0.25) is 0 Å². The predicted octanol–water partition coefficient (Wildman–Crippen LogP) is 1.51. The van der Waals surface area contributed by atoms with Gasteiger partial charge in [0.1, 0.15) is 5.92 Å². The van der Waals surface area contributed by atoms with E-state index >= 15 is 0 Å². The number of hydrogen-bond donors (Lipinski definition) is 2. The summed E-state index contributed by atoms with van der Waals surface area (Å²) < 4.78 is 0.740. The second kappa shape index (κ2) is 5.09. The average Bonchev–Trinajstić information content (AvgIpc) is 2.15. The minimum absolute atomic E-state index is 0.0437. The molecule has 0 aliphatic carbocycles. The van der Waals surface area contributed by atoms with E-state index in [0.29, 0.717) is 5.56 Å². The Hall–Kier alpha value is -0.910. The van der Waals surface area contributed by atoms with Gasteiger partial charge in [-0.15, -0.1) is 0 Å². The molecule has 4 nitrogen and oxygen atoms in total. The van der Waals surface area contributed by atoms with Gasteiger partial charge in [0.25, 0.3) is 0 Å². The number of aliphatic carboxylic acids is 1. The Morgan fingerprint density at radius 1 is 1.57 bits per heavy atom. The molecule has 0 saturated heterocycles. The van der Waals surface area contributed by atoms with Crippen LogP contribution in [0.15, 0.2) is 28.7 Å². The van der Waals surface area contributed by atoms with Crippen molar-refractivity contribution in [3.05, 3.63) is 34.3 Å². The average molecular weight is 260 g/mol. The standard InChI is InChI=1S/C9H10BrNO3/c10-8-4-2-1-3-6(8)7(5-14-11)9(12)13/h1-4,7H,5,11H2,(H,12,13). The lowest BCUT2D eigenvalue weighted by molar-refractivity contribution is -0.140. The van der Waals surface area contributed by atoms with Crippen molar-refractivity contribution < 1.29 is 14.7 Å². The summed E-state index contributed by atoms with van der Waals surface area (Å²) in [5.74, 6) is 3.18. The molecular formula is C9H10BrNO3. The Bertz CT molecular complexity index is 330. The summed E-state index contributed by atoms with van der Waals surface area (Å²) in [6, 6.07) is 7.09. The Kier molecular flexibility index (Phi) is 4.06. The molecule has 0 radical (unpaired) electrons. The number of carbonyl (C=O) groups is 1. The van der Waals surface area contributed by atoms with Gasteiger partial charge in [0.05, 0.1) is 6.61 Å². The Morgan fingerprint density at radius 3 is 2.71 bits per heavy atom. The zero-order chi connectivity index (χ0) is 10.6. The van der Waals surface area contributed by atoms with E-state index in [1.165, 1.54) is 0 Å². The van der Waals surface area contributed by atoms with Crippen molar-refractivity contribution >= 4 is 21.9 Å². The first-order chi connectivity index (χ1) is 6.66. The maximum atomic E-state index is 10.9. The van der Waals surface area contributed by atoms with E-state index in [1.54, 1.807) is 18.2 Å². The summed E-state index contributed by atoms with van der Waals surface area (Å²) in [5, 5.41) is 8.93. The van der Waals surface area contributed by atoms with Crippen molar-refractivity contribution in [2.45, 2.75) is 5.92 Å². The molecule has 1 rings (SSSR count). The summed E-state index contributed by atoms with van der Waals surface area (Å²) in [4.78, 5) is 15.3. The van der Waals surface area contributed by atoms with E-state index in [-0.39, 0.29) is 6.61 Å². The van der Waals surface area contributed by atoms with Crippen molar-refractivity contribution in [1.29, 1.82) is 0 Å². The van der Waals surface area contributed by atoms with E-state index in [1.807, 2.05) is 6.07 Å². The molecule has 0 aromatic heterocycles. The predicted molar refractivity (Wildman–Crippen MR) is 54.7 cm³/mol. The molecule has 5 heteroatoms. The van der Waals surface area contributed by atoms with Gasteiger partial charge >= 0.3 is 5.97 Å². The minimum atomic E-state index is -0.956. The molecule has 0 saturated carbocycles. The Labute approximate surface area is 89.8 Å². The van der Waals surface area contributed by atoms with Gasteiger partial charge in [-0.3, -0.25) is 4.79 Å². The lowest BCUT2D eigenvalue weighted by Crippen LogP contribution is -2.20. The van der Waals surface area contributed by atoms with Crippen LogP contribution in [0, 0.1) is 0 Å². The Morgan fingerprint density at radius 2 is 2.21 bits per heavy atom. The number of carboxylic acid groups (broad SMARTS) is 1. The van der Waals surface area contributed by atoms with Crippen LogP contribution in [-0.4, -0.2) is 17.7 Å². The number of carboxylic acids is 1. The van der Waals surface area contributed by atoms with E-state index in [0.717, 1.165) is 4.47 Å². The molecule has 0 spiro atoms. The van der Waals surface area contributed by atoms with Gasteiger partial charge in [-0.05, 0) is 11.6 Å². The summed E-state index contributed by atoms with van der Waals surface area (Å²) in [6.45, 7) is -0.0437. The van der Waals surface area contributed by atoms with E-state index < -0.39 is 11.9 Å². The highest BCUT2D eigenvalue weighted by molar-refractivity contribution is 9.10. The number of halogens is 1. The number of hydrogen-bond acceptors (Lipinski definition) is 3. The summed E-state index contributed by atoms with van der Waals surface area (Å²) in [7, 11) is 0. The molecule has 0 bridgehead atoms. The molecule has 0 heterocycles. The third kappa shape index (κ3) is 2.54. The zero-order valence-electron chi connectivity index (χ0n) is 7.31. The number of benzene rings is 1. The van der Waals surface area contributed by atoms with Crippen LogP contribution in [-0.2, 0) is 9.63 Å². The summed E-state index contributed by atoms with van der Waals surface area (Å²) in [6.07, 6.45) is 0. The minimum Gasteiger partial charge on any atom is -0.481 e. The van der Waals surface area contributed by atoms with Gasteiger partial charge in [0.15, 0.2) is 0 Å². The van der Waals surface area contributed by atoms with Crippen molar-refractivity contribution in [3.8, 4) is 0 Å². The van der Waals surface area contributed by atoms with Gasteiger partial charge in [-0.25, -0.2) is 5.90 Å². The van der Waals surface area contributed by atoms with Crippen LogP contribution in [0.3, 0.4) is 0 Å². The molecule has 0 aliphatic heterocycles. The van der Waals surface area contributed by atoms with Crippen LogP contribution in [0.25, 0.3) is 0 Å². The lowest BCUT2D eigenvalue weighted by atomic mass is 10.0. The second-order valence-corrected chi connectivity index (χ2v) is 3.60. The maximum absolute atomic E-state index is 10.9. The van der Waals surface area contributed by atoms with E-state index in [9.17, 15) is 4.79 Å². The Balaban J connectivity index is 2.99. The van der Waals surface area contributed by atoms with Crippen molar-refractivity contribution in [1.82, 2.24) is 0 Å². The third-order valence-corrected chi connectivity index (χ3v) is 2.56. The van der Waals surface area contributed by atoms with Gasteiger partial charge in [-0.1, -0.05) is 34.1 Å². The van der Waals surface area contributed by atoms with Crippen molar-refractivity contribution in [2.75, 3.05) is 6.61 Å². The maximum Gasteiger partial charge on any atom is 0.313 e. The van der Waals surface area contributed by atoms with Crippen molar-refractivity contribution in [3.63, 3.8) is 0 Å². The molecule has 14 heavy (non-hydrogen) atoms. The van der Waals surface area contributed by atoms with Crippen LogP contribution >= 0.6 is 15.9 Å². The second-order valence-electron chi connectivity index (χ2n) is 2.75. The quantitative estimate of drug-likeness (QED) is 0.805. The number of nitrogens with two attached hydrogens (primary N) is 1. The van der Waals surface area contributed by atoms with E-state index in [4.69, 9.17) is 11.0 Å². The highest BCUT2D eigenvalue weighted by atomic mass is 79.9. The molecule has 1 atom stereocenters. The summed E-state index contributed by atoms with van der Waals surface area (Å²) in [5.41, 5.74) is 0.658. The van der Waals surface area contributed by atoms with Crippen LogP contribution in [0.5, 0.6) is 0 Å². The highest BCUT2D eigenvalue weighted by Crippen LogP contribution is 2.25. The first-order valence-corrected chi connectivity index (χ1v) is 4.75. The molecule has 0 fully saturated rings. The fourth-order valence-corrected chi connectivity index (χ4v) is 1.71. The first-order valence-electron chi connectivity index (χ1n) is 3.95. The fourth-order valence-electron chi connectivity index (χ4n) is 1.15. The molecule has 76 valence electrons. The monoisotopic (exact) mass is 259 g/mol. The van der Waals surface area contributed by atoms with Gasteiger partial charge < -0.3 is 9.94 Å². The van der Waals surface area contributed by atoms with Crippen LogP contribution in [0.2, 0.25) is 0 Å². The van der Waals surface area contributed by atoms with E-state index in [2.05, 4.69) is 20.8 Å². The highest BCUT2D eigenvalue weighted by Gasteiger charge is 2.21. The molecule has 0 amide bonds. The molecule has 1 aromatic carbocycles. The SMILES string of the molecule is NOCC(C(=O)O)c1ccccc1Br. The summed E-state index contributed by atoms with van der Waals surface area (Å²) >= 11 is 3.28. The molecule has 0 aliphatic rings. The number of rotatable bonds is 4. The topological polar surface area (TPSA) is 72.5 Å². The zero-order valence-corrected chi connectivity index (χ0v) is 8.90. The van der Waals surface area contributed by atoms with Crippen LogP contribution < -0.4 is 5.90 Å². The van der Waals surface area contributed by atoms with Gasteiger partial charge in [0, 0.05) is 4.47 Å². The van der Waals surface area contributed by atoms with Crippen molar-refractivity contribution in [2.24, 2.45) is 5.90 Å². The largest absolute Gasteiger partial charge is 0.481 e. The molecule has 1 unspecified atom stereocenters. The normalized spacial score (nSPS) is 12.4. The fraction of sp³-hybridized carbons (Fsp3) is 0.222. The molecule has 1 aromatic rings. The van der Waals surface area contributed by atoms with Gasteiger partial charge in [-0.2, -0.15) is 0 Å². The third-order valence-electron chi connectivity index (χ3n) is 1.84. The molecule has 3 N–H and O–H groups in total. The van der Waals surface area contributed by atoms with Crippen LogP contribution in [0.1, 0.15) is 11.5 Å². The van der Waals surface area contributed by atoms with Crippen LogP contribution in [0.4, 0.5) is 0 Å².